The van der Waals surface area contributed by atoms with E-state index in [1.54, 1.807) is 11.1 Å². The summed E-state index contributed by atoms with van der Waals surface area (Å²) in [5, 5.41) is 0. The van der Waals surface area contributed by atoms with Crippen LogP contribution >= 0.6 is 0 Å². The van der Waals surface area contributed by atoms with Crippen LogP contribution in [0, 0.1) is 27.7 Å². The van der Waals surface area contributed by atoms with Gasteiger partial charge in [0.15, 0.2) is 0 Å². The molecule has 0 saturated heterocycles. The number of rotatable bonds is 1. The van der Waals surface area contributed by atoms with Crippen molar-refractivity contribution in [3.05, 3.63) is 79.9 Å². The predicted molar refractivity (Wildman–Crippen MR) is 105 cm³/mol. The van der Waals surface area contributed by atoms with Gasteiger partial charge in [-0.05, 0) is 86.1 Å². The van der Waals surface area contributed by atoms with Gasteiger partial charge in [0.2, 0.25) is 0 Å². The van der Waals surface area contributed by atoms with Crippen LogP contribution in [0.25, 0.3) is 12.2 Å². The van der Waals surface area contributed by atoms with E-state index in [9.17, 15) is 0 Å². The molecule has 2 aromatic carbocycles. The van der Waals surface area contributed by atoms with E-state index in [1.807, 2.05) is 0 Å². The van der Waals surface area contributed by atoms with Crippen molar-refractivity contribution in [3.63, 3.8) is 0 Å². The molecule has 0 heteroatoms. The maximum atomic E-state index is 2.43. The average Bonchev–Trinajstić information content (AvgIpc) is 3.05. The van der Waals surface area contributed by atoms with Crippen LogP contribution in [0.4, 0.5) is 0 Å². The van der Waals surface area contributed by atoms with E-state index < -0.39 is 0 Å². The number of aryl methyl sites for hydroxylation is 4. The van der Waals surface area contributed by atoms with Crippen LogP contribution in [0.3, 0.4) is 0 Å². The van der Waals surface area contributed by atoms with Crippen LogP contribution < -0.4 is 0 Å². The molecular formula is C24H26. The molecule has 0 nitrogen and oxygen atoms in total. The van der Waals surface area contributed by atoms with Crippen molar-refractivity contribution in [2.24, 2.45) is 0 Å². The van der Waals surface area contributed by atoms with Gasteiger partial charge >= 0.3 is 0 Å². The molecule has 0 heterocycles. The lowest BCUT2D eigenvalue weighted by atomic mass is 9.75. The highest BCUT2D eigenvalue weighted by Gasteiger charge is 2.38. The molecular weight excluding hydrogens is 288 g/mol. The van der Waals surface area contributed by atoms with Crippen LogP contribution in [-0.2, 0) is 0 Å². The SMILES string of the molecule is CC1=Cc2c(C)ccc(C)c2[C@H]1[C@H]1C(C)=Cc2c(C)ccc(C)c21. The van der Waals surface area contributed by atoms with E-state index in [2.05, 4.69) is 78.0 Å². The van der Waals surface area contributed by atoms with Crippen LogP contribution in [0.2, 0.25) is 0 Å². The lowest BCUT2D eigenvalue weighted by Gasteiger charge is -2.28. The van der Waals surface area contributed by atoms with Gasteiger partial charge in [-0.1, -0.05) is 47.6 Å². The second-order valence-corrected chi connectivity index (χ2v) is 7.79. The van der Waals surface area contributed by atoms with E-state index in [0.717, 1.165) is 0 Å². The van der Waals surface area contributed by atoms with Crippen LogP contribution in [0.1, 0.15) is 70.2 Å². The average molecular weight is 314 g/mol. The Balaban J connectivity index is 1.96. The minimum Gasteiger partial charge on any atom is -0.0642 e. The number of benzene rings is 2. The van der Waals surface area contributed by atoms with Gasteiger partial charge in [0.1, 0.15) is 0 Å². The first-order chi connectivity index (χ1) is 11.4. The molecule has 2 aliphatic carbocycles. The standard InChI is InChI=1S/C24H26/c1-13-7-9-15(3)21-19(13)11-17(5)23(21)24-18(6)12-20-14(2)8-10-16(4)22(20)24/h7-12,23-24H,1-6H3/t23-,24-/m0/s1. The number of allylic oxidation sites excluding steroid dienone is 2. The summed E-state index contributed by atoms with van der Waals surface area (Å²) in [6.07, 6.45) is 4.86. The molecule has 24 heavy (non-hydrogen) atoms. The first-order valence-corrected chi connectivity index (χ1v) is 8.96. The second kappa shape index (κ2) is 5.21. The molecule has 122 valence electrons. The summed E-state index contributed by atoms with van der Waals surface area (Å²) in [5.74, 6) is 0.968. The van der Waals surface area contributed by atoms with E-state index >= 15 is 0 Å². The third kappa shape index (κ3) is 1.99. The number of fused-ring (bicyclic) bond motifs is 2. The summed E-state index contributed by atoms with van der Waals surface area (Å²) in [6.45, 7) is 13.7. The van der Waals surface area contributed by atoms with Gasteiger partial charge < -0.3 is 0 Å². The molecule has 0 aliphatic heterocycles. The lowest BCUT2D eigenvalue weighted by Crippen LogP contribution is -2.13. The summed E-state index contributed by atoms with van der Waals surface area (Å²) in [5.41, 5.74) is 14.7. The fourth-order valence-electron chi connectivity index (χ4n) is 4.87. The monoisotopic (exact) mass is 314 g/mol. The Morgan fingerprint density at radius 3 is 1.21 bits per heavy atom. The summed E-state index contributed by atoms with van der Waals surface area (Å²) in [4.78, 5) is 0. The molecule has 0 bridgehead atoms. The van der Waals surface area contributed by atoms with Gasteiger partial charge in [-0.3, -0.25) is 0 Å². The van der Waals surface area contributed by atoms with Gasteiger partial charge in [-0.15, -0.1) is 0 Å². The molecule has 0 radical (unpaired) electrons. The van der Waals surface area contributed by atoms with Crippen molar-refractivity contribution in [2.45, 2.75) is 53.4 Å². The Hall–Kier alpha value is -2.08. The Kier molecular flexibility index (Phi) is 3.35. The smallest absolute Gasteiger partial charge is 0.0164 e. The molecule has 2 aliphatic rings. The highest BCUT2D eigenvalue weighted by molar-refractivity contribution is 5.77. The Morgan fingerprint density at radius 1 is 0.500 bits per heavy atom. The predicted octanol–water partition coefficient (Wildman–Crippen LogP) is 6.62. The third-order valence-electron chi connectivity index (χ3n) is 6.13. The summed E-state index contributed by atoms with van der Waals surface area (Å²) in [7, 11) is 0. The molecule has 0 unspecified atom stereocenters. The van der Waals surface area contributed by atoms with Crippen molar-refractivity contribution in [2.75, 3.05) is 0 Å². The summed E-state index contributed by atoms with van der Waals surface area (Å²) < 4.78 is 0. The molecule has 2 atom stereocenters. The van der Waals surface area contributed by atoms with Crippen molar-refractivity contribution < 1.29 is 0 Å². The first-order valence-electron chi connectivity index (χ1n) is 8.96. The maximum Gasteiger partial charge on any atom is 0.0164 e. The van der Waals surface area contributed by atoms with Crippen molar-refractivity contribution in [1.82, 2.24) is 0 Å². The molecule has 2 aromatic rings. The molecule has 0 spiro atoms. The van der Waals surface area contributed by atoms with Crippen LogP contribution in [0.5, 0.6) is 0 Å². The van der Waals surface area contributed by atoms with E-state index in [-0.39, 0.29) is 0 Å². The van der Waals surface area contributed by atoms with Crippen LogP contribution in [-0.4, -0.2) is 0 Å². The second-order valence-electron chi connectivity index (χ2n) is 7.79. The van der Waals surface area contributed by atoms with Gasteiger partial charge in [-0.2, -0.15) is 0 Å². The lowest BCUT2D eigenvalue weighted by molar-refractivity contribution is 0.684. The van der Waals surface area contributed by atoms with Gasteiger partial charge in [0.05, 0.1) is 0 Å². The topological polar surface area (TPSA) is 0 Å². The first kappa shape index (κ1) is 15.4. The van der Waals surface area contributed by atoms with Gasteiger partial charge in [-0.25, -0.2) is 0 Å². The Bertz CT molecular complexity index is 844. The maximum absolute atomic E-state index is 2.43. The number of hydrogen-bond acceptors (Lipinski definition) is 0. The largest absolute Gasteiger partial charge is 0.0642 e. The van der Waals surface area contributed by atoms with Crippen molar-refractivity contribution in [1.29, 1.82) is 0 Å². The normalized spacial score (nSPS) is 21.4. The summed E-state index contributed by atoms with van der Waals surface area (Å²) >= 11 is 0. The quantitative estimate of drug-likeness (QED) is 0.554. The van der Waals surface area contributed by atoms with E-state index in [0.29, 0.717) is 11.8 Å². The minimum atomic E-state index is 0.484. The summed E-state index contributed by atoms with van der Waals surface area (Å²) in [6, 6.07) is 9.12. The highest BCUT2D eigenvalue weighted by atomic mass is 14.4. The fraction of sp³-hybridized carbons (Fsp3) is 0.333. The molecule has 0 aromatic heterocycles. The zero-order valence-corrected chi connectivity index (χ0v) is 15.6. The third-order valence-corrected chi connectivity index (χ3v) is 6.13. The highest BCUT2D eigenvalue weighted by Crippen LogP contribution is 2.54. The van der Waals surface area contributed by atoms with E-state index in [4.69, 9.17) is 0 Å². The zero-order valence-electron chi connectivity index (χ0n) is 15.6. The fourth-order valence-corrected chi connectivity index (χ4v) is 4.87. The minimum absolute atomic E-state index is 0.484. The van der Waals surface area contributed by atoms with Crippen molar-refractivity contribution in [3.8, 4) is 0 Å². The van der Waals surface area contributed by atoms with Crippen molar-refractivity contribution >= 4 is 12.2 Å². The van der Waals surface area contributed by atoms with E-state index in [1.165, 1.54) is 44.5 Å². The van der Waals surface area contributed by atoms with Crippen LogP contribution in [0.15, 0.2) is 35.4 Å². The van der Waals surface area contributed by atoms with Gasteiger partial charge in [0, 0.05) is 11.8 Å². The molecule has 0 saturated carbocycles. The molecule has 0 fully saturated rings. The zero-order chi connectivity index (χ0) is 17.2. The molecule has 4 rings (SSSR count). The number of hydrogen-bond donors (Lipinski definition) is 0. The Labute approximate surface area is 145 Å². The Morgan fingerprint density at radius 2 is 0.833 bits per heavy atom. The molecule has 0 amide bonds. The molecule has 0 N–H and O–H groups in total. The van der Waals surface area contributed by atoms with Gasteiger partial charge in [0.25, 0.3) is 0 Å².